The fourth-order valence-electron chi connectivity index (χ4n) is 2.71. The molecule has 0 saturated carbocycles. The van der Waals surface area contributed by atoms with E-state index in [2.05, 4.69) is 15.4 Å². The minimum absolute atomic E-state index is 0.00605. The molecule has 7 heteroatoms. The second kappa shape index (κ2) is 9.45. The summed E-state index contributed by atoms with van der Waals surface area (Å²) in [5.74, 6) is -0.809. The number of halogens is 2. The first-order chi connectivity index (χ1) is 14.0. The lowest BCUT2D eigenvalue weighted by atomic mass is 10.1. The number of amides is 2. The fourth-order valence-corrected chi connectivity index (χ4v) is 2.71. The maximum atomic E-state index is 12.6. The van der Waals surface area contributed by atoms with Crippen molar-refractivity contribution in [2.75, 3.05) is 5.32 Å². The predicted octanol–water partition coefficient (Wildman–Crippen LogP) is 4.47. The molecule has 0 fully saturated rings. The highest BCUT2D eigenvalue weighted by Gasteiger charge is 2.15. The molecule has 0 aliphatic heterocycles. The Hall–Kier alpha value is -3.74. The zero-order valence-electron chi connectivity index (χ0n) is 15.3. The Morgan fingerprint density at radius 3 is 2.24 bits per heavy atom. The van der Waals surface area contributed by atoms with Crippen molar-refractivity contribution in [3.63, 3.8) is 0 Å². The second-order valence-corrected chi connectivity index (χ2v) is 6.03. The van der Waals surface area contributed by atoms with E-state index in [1.54, 1.807) is 72.8 Å². The zero-order valence-corrected chi connectivity index (χ0v) is 15.3. The van der Waals surface area contributed by atoms with E-state index in [0.717, 1.165) is 0 Å². The van der Waals surface area contributed by atoms with Gasteiger partial charge >= 0.3 is 6.61 Å². The summed E-state index contributed by atoms with van der Waals surface area (Å²) in [6, 6.07) is 21.4. The van der Waals surface area contributed by atoms with Crippen LogP contribution in [0, 0.1) is 0 Å². The van der Waals surface area contributed by atoms with Crippen molar-refractivity contribution >= 4 is 17.5 Å². The van der Waals surface area contributed by atoms with Gasteiger partial charge in [-0.15, -0.1) is 0 Å². The van der Waals surface area contributed by atoms with Crippen LogP contribution in [0.3, 0.4) is 0 Å². The Morgan fingerprint density at radius 1 is 0.828 bits per heavy atom. The normalized spacial score (nSPS) is 10.4. The average molecular weight is 396 g/mol. The SMILES string of the molecule is O=C(Nc1ccccc1C(=O)NCc1ccccc1OC(F)F)c1ccccc1. The molecule has 0 heterocycles. The van der Waals surface area contributed by atoms with E-state index >= 15 is 0 Å². The summed E-state index contributed by atoms with van der Waals surface area (Å²) in [6.45, 7) is -2.97. The van der Waals surface area contributed by atoms with Gasteiger partial charge in [0.2, 0.25) is 0 Å². The van der Waals surface area contributed by atoms with Gasteiger partial charge in [-0.3, -0.25) is 9.59 Å². The third kappa shape index (κ3) is 5.38. The van der Waals surface area contributed by atoms with Gasteiger partial charge in [-0.2, -0.15) is 8.78 Å². The molecule has 3 aromatic carbocycles. The quantitative estimate of drug-likeness (QED) is 0.619. The van der Waals surface area contributed by atoms with Crippen LogP contribution < -0.4 is 15.4 Å². The number of rotatable bonds is 7. The van der Waals surface area contributed by atoms with Crippen molar-refractivity contribution in [1.82, 2.24) is 5.32 Å². The summed E-state index contributed by atoms with van der Waals surface area (Å²) < 4.78 is 29.5. The van der Waals surface area contributed by atoms with Gasteiger partial charge < -0.3 is 15.4 Å². The molecule has 29 heavy (non-hydrogen) atoms. The molecule has 0 unspecified atom stereocenters. The van der Waals surface area contributed by atoms with E-state index < -0.39 is 12.5 Å². The number of hydrogen-bond acceptors (Lipinski definition) is 3. The number of carbonyl (C=O) groups is 2. The molecule has 0 saturated heterocycles. The lowest BCUT2D eigenvalue weighted by molar-refractivity contribution is -0.0504. The Labute approximate surface area is 166 Å². The maximum Gasteiger partial charge on any atom is 0.387 e. The van der Waals surface area contributed by atoms with Crippen LogP contribution in [0.2, 0.25) is 0 Å². The monoisotopic (exact) mass is 396 g/mol. The predicted molar refractivity (Wildman–Crippen MR) is 105 cm³/mol. The largest absolute Gasteiger partial charge is 0.434 e. The lowest BCUT2D eigenvalue weighted by Gasteiger charge is -2.13. The van der Waals surface area contributed by atoms with E-state index in [0.29, 0.717) is 16.8 Å². The number of nitrogens with one attached hydrogen (secondary N) is 2. The van der Waals surface area contributed by atoms with Crippen molar-refractivity contribution in [2.45, 2.75) is 13.2 Å². The molecule has 2 N–H and O–H groups in total. The first-order valence-electron chi connectivity index (χ1n) is 8.81. The number of carbonyl (C=O) groups excluding carboxylic acids is 2. The van der Waals surface area contributed by atoms with E-state index in [-0.39, 0.29) is 23.8 Å². The van der Waals surface area contributed by atoms with Crippen LogP contribution in [0.4, 0.5) is 14.5 Å². The third-order valence-corrected chi connectivity index (χ3v) is 4.08. The Balaban J connectivity index is 1.72. The van der Waals surface area contributed by atoms with E-state index in [1.165, 1.54) is 6.07 Å². The fraction of sp³-hybridized carbons (Fsp3) is 0.0909. The molecule has 3 rings (SSSR count). The molecular weight excluding hydrogens is 378 g/mol. The van der Waals surface area contributed by atoms with Crippen LogP contribution in [0.5, 0.6) is 5.75 Å². The topological polar surface area (TPSA) is 67.4 Å². The maximum absolute atomic E-state index is 12.6. The van der Waals surface area contributed by atoms with Gasteiger partial charge in [0.25, 0.3) is 11.8 Å². The molecule has 3 aromatic rings. The smallest absolute Gasteiger partial charge is 0.387 e. The summed E-state index contributed by atoms with van der Waals surface area (Å²) in [5.41, 5.74) is 1.47. The number of para-hydroxylation sites is 2. The van der Waals surface area contributed by atoms with E-state index in [1.807, 2.05) is 0 Å². The van der Waals surface area contributed by atoms with Crippen LogP contribution in [-0.2, 0) is 6.54 Å². The molecule has 0 spiro atoms. The molecule has 0 aromatic heterocycles. The number of ether oxygens (including phenoxy) is 1. The average Bonchev–Trinajstić information content (AvgIpc) is 2.73. The van der Waals surface area contributed by atoms with Gasteiger partial charge in [-0.25, -0.2) is 0 Å². The molecule has 0 aliphatic rings. The summed E-state index contributed by atoms with van der Waals surface area (Å²) >= 11 is 0. The highest BCUT2D eigenvalue weighted by molar-refractivity contribution is 6.08. The third-order valence-electron chi connectivity index (χ3n) is 4.08. The molecular formula is C22H18F2N2O3. The van der Waals surface area contributed by atoms with Crippen LogP contribution >= 0.6 is 0 Å². The molecule has 0 bridgehead atoms. The van der Waals surface area contributed by atoms with Gasteiger partial charge in [0.05, 0.1) is 11.3 Å². The van der Waals surface area contributed by atoms with Gasteiger partial charge in [0.1, 0.15) is 5.75 Å². The van der Waals surface area contributed by atoms with Crippen molar-refractivity contribution < 1.29 is 23.1 Å². The first kappa shape index (κ1) is 20.0. The van der Waals surface area contributed by atoms with Crippen molar-refractivity contribution in [2.24, 2.45) is 0 Å². The van der Waals surface area contributed by atoms with E-state index in [4.69, 9.17) is 0 Å². The number of anilines is 1. The van der Waals surface area contributed by atoms with Gasteiger partial charge in [0, 0.05) is 17.7 Å². The van der Waals surface area contributed by atoms with Gasteiger partial charge in [-0.05, 0) is 30.3 Å². The zero-order chi connectivity index (χ0) is 20.6. The summed E-state index contributed by atoms with van der Waals surface area (Å²) in [6.07, 6.45) is 0. The van der Waals surface area contributed by atoms with Crippen LogP contribution in [-0.4, -0.2) is 18.4 Å². The lowest BCUT2D eigenvalue weighted by Crippen LogP contribution is -2.25. The highest BCUT2D eigenvalue weighted by atomic mass is 19.3. The minimum atomic E-state index is -2.96. The van der Waals surface area contributed by atoms with Crippen LogP contribution in [0.15, 0.2) is 78.9 Å². The summed E-state index contributed by atoms with van der Waals surface area (Å²) in [5, 5.41) is 5.39. The first-order valence-corrected chi connectivity index (χ1v) is 8.81. The van der Waals surface area contributed by atoms with Gasteiger partial charge in [0.15, 0.2) is 0 Å². The highest BCUT2D eigenvalue weighted by Crippen LogP contribution is 2.21. The standard InChI is InChI=1S/C22H18F2N2O3/c23-22(24)29-19-13-7-4-10-16(19)14-25-21(28)17-11-5-6-12-18(17)26-20(27)15-8-2-1-3-9-15/h1-13,22H,14H2,(H,25,28)(H,26,27). The molecule has 0 aliphatic carbocycles. The van der Waals surface area contributed by atoms with Crippen LogP contribution in [0.25, 0.3) is 0 Å². The van der Waals surface area contributed by atoms with Crippen molar-refractivity contribution in [3.8, 4) is 5.75 Å². The molecule has 148 valence electrons. The molecule has 0 radical (unpaired) electrons. The second-order valence-electron chi connectivity index (χ2n) is 6.03. The molecule has 0 atom stereocenters. The van der Waals surface area contributed by atoms with Gasteiger partial charge in [-0.1, -0.05) is 48.5 Å². The van der Waals surface area contributed by atoms with Crippen molar-refractivity contribution in [3.05, 3.63) is 95.6 Å². The molecule has 2 amide bonds. The Kier molecular flexibility index (Phi) is 6.52. The number of alkyl halides is 2. The summed E-state index contributed by atoms with van der Waals surface area (Å²) in [7, 11) is 0. The van der Waals surface area contributed by atoms with Crippen molar-refractivity contribution in [1.29, 1.82) is 0 Å². The Morgan fingerprint density at radius 2 is 1.48 bits per heavy atom. The number of benzene rings is 3. The van der Waals surface area contributed by atoms with Crippen LogP contribution in [0.1, 0.15) is 26.3 Å². The molecule has 5 nitrogen and oxygen atoms in total. The summed E-state index contributed by atoms with van der Waals surface area (Å²) in [4.78, 5) is 25.0. The minimum Gasteiger partial charge on any atom is -0.434 e. The Bertz CT molecular complexity index is 994. The number of hydrogen-bond donors (Lipinski definition) is 2. The van der Waals surface area contributed by atoms with E-state index in [9.17, 15) is 18.4 Å².